The van der Waals surface area contributed by atoms with Gasteiger partial charge < -0.3 is 20.1 Å². The smallest absolute Gasteiger partial charge is 0.245 e. The maximum atomic E-state index is 13.7. The van der Waals surface area contributed by atoms with Crippen molar-refractivity contribution in [3.05, 3.63) is 36.3 Å². The van der Waals surface area contributed by atoms with Gasteiger partial charge in [-0.1, -0.05) is 0 Å². The van der Waals surface area contributed by atoms with Crippen LogP contribution < -0.4 is 20.9 Å². The topological polar surface area (TPSA) is 118 Å². The summed E-state index contributed by atoms with van der Waals surface area (Å²) in [5.41, 5.74) is 2.19. The summed E-state index contributed by atoms with van der Waals surface area (Å²) in [5.74, 6) is -0.404. The van der Waals surface area contributed by atoms with Gasteiger partial charge in [0, 0.05) is 25.8 Å². The molecule has 140 valence electrons. The Morgan fingerprint density at radius 3 is 2.73 bits per heavy atom. The molecule has 0 spiro atoms. The number of anilines is 3. The molecule has 0 saturated carbocycles. The quantitative estimate of drug-likeness (QED) is 0.285. The molecule has 10 heteroatoms. The van der Waals surface area contributed by atoms with Gasteiger partial charge in [-0.25, -0.2) is 14.9 Å². The molecule has 0 bridgehead atoms. The third-order valence-corrected chi connectivity index (χ3v) is 3.18. The van der Waals surface area contributed by atoms with Crippen molar-refractivity contribution >= 4 is 23.4 Å². The highest BCUT2D eigenvalue weighted by molar-refractivity contribution is 5.75. The average Bonchev–Trinajstić information content (AvgIpc) is 2.65. The minimum absolute atomic E-state index is 0.0345. The fourth-order valence-electron chi connectivity index (χ4n) is 1.91. The average molecular weight is 365 g/mol. The number of amides is 1. The van der Waals surface area contributed by atoms with Crippen LogP contribution >= 0.6 is 0 Å². The molecule has 0 aliphatic heterocycles. The normalized spacial score (nSPS) is 10.3. The van der Waals surface area contributed by atoms with Gasteiger partial charge in [-0.15, -0.1) is 0 Å². The van der Waals surface area contributed by atoms with Crippen molar-refractivity contribution in [1.29, 1.82) is 0 Å². The molecule has 1 amide bonds. The number of benzene rings is 1. The maximum Gasteiger partial charge on any atom is 0.245 e. The molecule has 9 nitrogen and oxygen atoms in total. The molecule has 0 fully saturated rings. The van der Waals surface area contributed by atoms with Crippen molar-refractivity contribution in [3.8, 4) is 5.75 Å². The second kappa shape index (κ2) is 10.1. The van der Waals surface area contributed by atoms with Crippen molar-refractivity contribution in [2.45, 2.75) is 6.42 Å². The van der Waals surface area contributed by atoms with E-state index in [0.717, 1.165) is 6.20 Å². The van der Waals surface area contributed by atoms with Crippen LogP contribution in [0.3, 0.4) is 0 Å². The second-order valence-electron chi connectivity index (χ2n) is 5.09. The number of nitrogens with one attached hydrogen (secondary N) is 3. The van der Waals surface area contributed by atoms with Gasteiger partial charge in [-0.05, 0) is 24.3 Å². The first-order valence-corrected chi connectivity index (χ1v) is 7.80. The first-order chi connectivity index (χ1) is 12.6. The Bertz CT molecular complexity index is 714. The lowest BCUT2D eigenvalue weighted by molar-refractivity contribution is -0.128. The lowest BCUT2D eigenvalue weighted by atomic mass is 10.3. The predicted octanol–water partition coefficient (Wildman–Crippen LogP) is 1.69. The van der Waals surface area contributed by atoms with Crippen LogP contribution in [0.15, 0.2) is 30.5 Å². The fourth-order valence-corrected chi connectivity index (χ4v) is 1.91. The van der Waals surface area contributed by atoms with Gasteiger partial charge in [0.25, 0.3) is 0 Å². The lowest BCUT2D eigenvalue weighted by Gasteiger charge is -2.10. The predicted molar refractivity (Wildman–Crippen MR) is 92.1 cm³/mol. The summed E-state index contributed by atoms with van der Waals surface area (Å²) in [4.78, 5) is 18.8. The summed E-state index contributed by atoms with van der Waals surface area (Å²) in [6, 6.07) is 7.09. The molecule has 0 aliphatic carbocycles. The van der Waals surface area contributed by atoms with Crippen LogP contribution in [-0.4, -0.2) is 48.0 Å². The van der Waals surface area contributed by atoms with Crippen molar-refractivity contribution < 1.29 is 23.9 Å². The third kappa shape index (κ3) is 6.15. The van der Waals surface area contributed by atoms with Crippen molar-refractivity contribution in [1.82, 2.24) is 15.4 Å². The number of ether oxygens (including phenoxy) is 2. The number of halogens is 1. The van der Waals surface area contributed by atoms with E-state index in [1.807, 2.05) is 0 Å². The molecule has 0 radical (unpaired) electrons. The molecule has 2 aromatic rings. The number of aromatic nitrogens is 2. The van der Waals surface area contributed by atoms with Crippen LogP contribution in [0, 0.1) is 5.82 Å². The van der Waals surface area contributed by atoms with Crippen LogP contribution in [0.5, 0.6) is 5.75 Å². The number of carbonyl (C=O) groups is 1. The van der Waals surface area contributed by atoms with Crippen LogP contribution in [-0.2, 0) is 9.53 Å². The molecule has 0 unspecified atom stereocenters. The zero-order valence-electron chi connectivity index (χ0n) is 14.2. The van der Waals surface area contributed by atoms with E-state index in [4.69, 9.17) is 14.7 Å². The SMILES string of the molecule is COCCOc1ccc(Nc2ncc(F)c(NCCC(=O)NO)n2)cc1. The standard InChI is InChI=1S/C16H20FN5O4/c1-25-8-9-26-12-4-2-11(3-5-12)20-16-19-10-13(17)15(21-16)18-7-6-14(23)22-24/h2-5,10,24H,6-9H2,1H3,(H,22,23)(H2,18,19,20,21). The maximum absolute atomic E-state index is 13.7. The molecule has 26 heavy (non-hydrogen) atoms. The van der Waals surface area contributed by atoms with Crippen molar-refractivity contribution in [3.63, 3.8) is 0 Å². The van der Waals surface area contributed by atoms with Gasteiger partial charge in [0.05, 0.1) is 12.8 Å². The van der Waals surface area contributed by atoms with Gasteiger partial charge in [0.2, 0.25) is 11.9 Å². The zero-order valence-corrected chi connectivity index (χ0v) is 14.2. The molecule has 4 N–H and O–H groups in total. The Morgan fingerprint density at radius 2 is 2.04 bits per heavy atom. The number of hydrogen-bond donors (Lipinski definition) is 4. The largest absolute Gasteiger partial charge is 0.491 e. The molecular formula is C16H20FN5O4. The Morgan fingerprint density at radius 1 is 1.27 bits per heavy atom. The highest BCUT2D eigenvalue weighted by atomic mass is 19.1. The van der Waals surface area contributed by atoms with Crippen LogP contribution in [0.2, 0.25) is 0 Å². The zero-order chi connectivity index (χ0) is 18.8. The molecule has 0 saturated heterocycles. The highest BCUT2D eigenvalue weighted by Gasteiger charge is 2.08. The number of hydrogen-bond acceptors (Lipinski definition) is 8. The lowest BCUT2D eigenvalue weighted by Crippen LogP contribution is -2.22. The molecule has 2 rings (SSSR count). The van der Waals surface area contributed by atoms with E-state index in [9.17, 15) is 9.18 Å². The van der Waals surface area contributed by atoms with Crippen LogP contribution in [0.1, 0.15) is 6.42 Å². The number of rotatable bonds is 10. The Balaban J connectivity index is 1.94. The van der Waals surface area contributed by atoms with E-state index in [0.29, 0.717) is 24.7 Å². The van der Waals surface area contributed by atoms with E-state index in [-0.39, 0.29) is 24.7 Å². The second-order valence-corrected chi connectivity index (χ2v) is 5.09. The molecule has 1 aromatic heterocycles. The minimum atomic E-state index is -0.651. The summed E-state index contributed by atoms with van der Waals surface area (Å²) in [6.45, 7) is 1.06. The van der Waals surface area contributed by atoms with E-state index < -0.39 is 11.7 Å². The minimum Gasteiger partial charge on any atom is -0.491 e. The number of hydroxylamine groups is 1. The number of nitrogens with zero attached hydrogens (tertiary/aromatic N) is 2. The van der Waals surface area contributed by atoms with E-state index in [1.54, 1.807) is 31.4 Å². The first kappa shape index (κ1) is 19.3. The van der Waals surface area contributed by atoms with E-state index in [2.05, 4.69) is 20.6 Å². The van der Waals surface area contributed by atoms with Crippen LogP contribution in [0.4, 0.5) is 21.8 Å². The van der Waals surface area contributed by atoms with E-state index in [1.165, 1.54) is 5.48 Å². The number of carbonyl (C=O) groups excluding carboxylic acids is 1. The first-order valence-electron chi connectivity index (χ1n) is 7.80. The third-order valence-electron chi connectivity index (χ3n) is 3.18. The fraction of sp³-hybridized carbons (Fsp3) is 0.312. The summed E-state index contributed by atoms with van der Waals surface area (Å²) < 4.78 is 24.1. The summed E-state index contributed by atoms with van der Waals surface area (Å²) in [6.07, 6.45) is 0.985. The van der Waals surface area contributed by atoms with Crippen molar-refractivity contribution in [2.24, 2.45) is 0 Å². The van der Waals surface area contributed by atoms with Gasteiger partial charge in [-0.2, -0.15) is 4.98 Å². The van der Waals surface area contributed by atoms with Gasteiger partial charge in [0.15, 0.2) is 11.6 Å². The Kier molecular flexibility index (Phi) is 7.52. The Labute approximate surface area is 149 Å². The molecule has 0 atom stereocenters. The molecule has 1 aromatic carbocycles. The molecule has 1 heterocycles. The summed E-state index contributed by atoms with van der Waals surface area (Å²) in [7, 11) is 1.60. The highest BCUT2D eigenvalue weighted by Crippen LogP contribution is 2.19. The molecule has 0 aliphatic rings. The number of methoxy groups -OCH3 is 1. The summed E-state index contributed by atoms with van der Waals surface area (Å²) >= 11 is 0. The van der Waals surface area contributed by atoms with Crippen molar-refractivity contribution in [2.75, 3.05) is 37.5 Å². The Hall–Kier alpha value is -2.98. The van der Waals surface area contributed by atoms with Crippen LogP contribution in [0.25, 0.3) is 0 Å². The summed E-state index contributed by atoms with van der Waals surface area (Å²) in [5, 5.41) is 14.0. The van der Waals surface area contributed by atoms with Gasteiger partial charge >= 0.3 is 0 Å². The monoisotopic (exact) mass is 365 g/mol. The van der Waals surface area contributed by atoms with E-state index >= 15 is 0 Å². The van der Waals surface area contributed by atoms with Gasteiger partial charge in [-0.3, -0.25) is 10.0 Å². The molecular weight excluding hydrogens is 345 g/mol. The van der Waals surface area contributed by atoms with Gasteiger partial charge in [0.1, 0.15) is 12.4 Å².